The second kappa shape index (κ2) is 9.91. The number of esters is 1. The summed E-state index contributed by atoms with van der Waals surface area (Å²) in [7, 11) is 0. The van der Waals surface area contributed by atoms with E-state index < -0.39 is 41.3 Å². The Morgan fingerprint density at radius 2 is 2.17 bits per heavy atom. The molecule has 0 bridgehead atoms. The van der Waals surface area contributed by atoms with E-state index in [-0.39, 0.29) is 46.1 Å². The molecule has 0 unspecified atom stereocenters. The van der Waals surface area contributed by atoms with Gasteiger partial charge in [0.1, 0.15) is 29.4 Å². The maximum absolute atomic E-state index is 13.1. The van der Waals surface area contributed by atoms with E-state index in [1.165, 1.54) is 24.1 Å². The van der Waals surface area contributed by atoms with Gasteiger partial charge in [-0.25, -0.2) is 9.78 Å². The third kappa shape index (κ3) is 4.93. The van der Waals surface area contributed by atoms with Gasteiger partial charge in [-0.1, -0.05) is 5.16 Å². The van der Waals surface area contributed by atoms with Crippen LogP contribution >= 0.6 is 23.1 Å². The van der Waals surface area contributed by atoms with Crippen molar-refractivity contribution < 1.29 is 38.7 Å². The van der Waals surface area contributed by atoms with Crippen LogP contribution in [-0.2, 0) is 33.5 Å². The molecule has 4 rings (SSSR count). The van der Waals surface area contributed by atoms with Crippen LogP contribution in [0.25, 0.3) is 0 Å². The lowest BCUT2D eigenvalue weighted by atomic mass is 10.0. The fourth-order valence-electron chi connectivity index (χ4n) is 3.58. The number of hydrogen-bond donors (Lipinski definition) is 4. The summed E-state index contributed by atoms with van der Waals surface area (Å²) >= 11 is 2.27. The molecule has 3 aliphatic heterocycles. The van der Waals surface area contributed by atoms with Crippen LogP contribution in [-0.4, -0.2) is 86.8 Å². The number of β-lactam (4-membered cyclic amide) rings is 1. The summed E-state index contributed by atoms with van der Waals surface area (Å²) in [6.45, 7) is 1.35. The molecule has 16 heteroatoms. The number of carbonyl (C=O) groups is 5. The van der Waals surface area contributed by atoms with E-state index in [1.54, 1.807) is 0 Å². The number of hydrogen-bond acceptors (Lipinski definition) is 12. The van der Waals surface area contributed by atoms with Crippen molar-refractivity contribution in [2.45, 2.75) is 30.9 Å². The number of oxime groups is 1. The minimum absolute atomic E-state index is 0.0955. The average Bonchev–Trinajstić information content (AvgIpc) is 3.43. The molecule has 0 aromatic carbocycles. The van der Waals surface area contributed by atoms with Gasteiger partial charge < -0.3 is 31.0 Å². The molecular formula is C19H20N6O8S2. The normalized spacial score (nSPS) is 23.9. The minimum Gasteiger partial charge on any atom is -0.477 e. The number of aromatic nitrogens is 1. The van der Waals surface area contributed by atoms with E-state index in [2.05, 4.69) is 20.8 Å². The van der Waals surface area contributed by atoms with E-state index in [0.717, 1.165) is 16.2 Å². The zero-order valence-electron chi connectivity index (χ0n) is 18.2. The van der Waals surface area contributed by atoms with Crippen LogP contribution in [0, 0.1) is 0 Å². The number of nitrogens with zero attached hydrogens (tertiary/aromatic N) is 3. The highest BCUT2D eigenvalue weighted by Gasteiger charge is 2.54. The number of rotatable bonds is 8. The number of nitrogen functional groups attached to an aromatic ring is 1. The smallest absolute Gasteiger partial charge is 0.352 e. The highest BCUT2D eigenvalue weighted by Crippen LogP contribution is 2.40. The number of carbonyl (C=O) groups excluding carboxylic acids is 4. The van der Waals surface area contributed by atoms with Crippen molar-refractivity contribution in [1.82, 2.24) is 20.5 Å². The third-order valence-electron chi connectivity index (χ3n) is 5.24. The predicted octanol–water partition coefficient (Wildman–Crippen LogP) is -1.36. The van der Waals surface area contributed by atoms with Crippen LogP contribution in [0.4, 0.5) is 5.13 Å². The zero-order chi connectivity index (χ0) is 25.3. The molecule has 186 valence electrons. The van der Waals surface area contributed by atoms with Gasteiger partial charge in [-0.3, -0.25) is 24.1 Å². The highest BCUT2D eigenvalue weighted by atomic mass is 32.2. The summed E-state index contributed by atoms with van der Waals surface area (Å²) in [5.41, 5.74) is 5.47. The number of carboxylic acids is 1. The summed E-state index contributed by atoms with van der Waals surface area (Å²) in [6.07, 6.45) is -0.506. The van der Waals surface area contributed by atoms with Crippen LogP contribution in [0.15, 0.2) is 21.8 Å². The predicted molar refractivity (Wildman–Crippen MR) is 122 cm³/mol. The number of anilines is 1. The van der Waals surface area contributed by atoms with Crippen molar-refractivity contribution in [3.63, 3.8) is 0 Å². The quantitative estimate of drug-likeness (QED) is 0.135. The van der Waals surface area contributed by atoms with Crippen molar-refractivity contribution in [1.29, 1.82) is 0 Å². The molecule has 0 radical (unpaired) electrons. The molecule has 1 aromatic heterocycles. The molecule has 14 nitrogen and oxygen atoms in total. The summed E-state index contributed by atoms with van der Waals surface area (Å²) < 4.78 is 4.90. The van der Waals surface area contributed by atoms with Gasteiger partial charge in [0.2, 0.25) is 6.10 Å². The molecule has 3 atom stereocenters. The Morgan fingerprint density at radius 1 is 1.40 bits per heavy atom. The highest BCUT2D eigenvalue weighted by molar-refractivity contribution is 8.00. The van der Waals surface area contributed by atoms with Gasteiger partial charge in [-0.15, -0.1) is 23.1 Å². The molecular weight excluding hydrogens is 504 g/mol. The Kier molecular flexibility index (Phi) is 6.93. The SMILES string of the molecule is CC(=O)OCC1=C(C(=O)O)N2C(=O)[C@@H](NC(=O)/C(=N/O[C@H]3CCNC3=O)c3csc(N)n3)[C@H]2SC1. The number of amides is 3. The first-order valence-electron chi connectivity index (χ1n) is 10.2. The molecule has 3 amide bonds. The molecule has 35 heavy (non-hydrogen) atoms. The summed E-state index contributed by atoms with van der Waals surface area (Å²) in [5, 5.41) is 19.5. The first-order chi connectivity index (χ1) is 16.7. The number of nitrogens with two attached hydrogens (primary N) is 1. The molecule has 0 aliphatic carbocycles. The molecule has 2 fully saturated rings. The lowest BCUT2D eigenvalue weighted by Crippen LogP contribution is -2.71. The second-order valence-corrected chi connectivity index (χ2v) is 9.58. The van der Waals surface area contributed by atoms with Crippen molar-refractivity contribution in [3.8, 4) is 0 Å². The standard InChI is InChI=1S/C19H20N6O8S2/c1-7(26)32-4-8-5-34-17-12(16(29)25(17)13(8)18(30)31)23-15(28)11(9-6-35-19(20)22-9)24-33-10-2-3-21-14(10)27/h6,10,12,17H,2-5H2,1H3,(H2,20,22)(H,21,27)(H,23,28)(H,30,31)/b24-11+/t10-,12+,17+/m0/s1. The van der Waals surface area contributed by atoms with E-state index in [0.29, 0.717) is 13.0 Å². The topological polar surface area (TPSA) is 203 Å². The van der Waals surface area contributed by atoms with Crippen LogP contribution in [0.3, 0.4) is 0 Å². The molecule has 2 saturated heterocycles. The van der Waals surface area contributed by atoms with Crippen molar-refractivity contribution in [2.75, 3.05) is 24.6 Å². The Morgan fingerprint density at radius 3 is 2.77 bits per heavy atom. The third-order valence-corrected chi connectivity index (χ3v) is 7.25. The Hall–Kier alpha value is -3.66. The van der Waals surface area contributed by atoms with Crippen molar-refractivity contribution >= 4 is 63.6 Å². The maximum Gasteiger partial charge on any atom is 0.352 e. The molecule has 0 saturated carbocycles. The van der Waals surface area contributed by atoms with Crippen LogP contribution in [0.1, 0.15) is 19.0 Å². The van der Waals surface area contributed by atoms with E-state index in [4.69, 9.17) is 15.3 Å². The number of ether oxygens (including phenoxy) is 1. The van der Waals surface area contributed by atoms with E-state index in [1.807, 2.05) is 0 Å². The molecule has 0 spiro atoms. The number of thiazole rings is 1. The Balaban J connectivity index is 1.51. The van der Waals surface area contributed by atoms with E-state index >= 15 is 0 Å². The van der Waals surface area contributed by atoms with Crippen LogP contribution in [0.2, 0.25) is 0 Å². The molecule has 1 aromatic rings. The van der Waals surface area contributed by atoms with Crippen LogP contribution < -0.4 is 16.4 Å². The summed E-state index contributed by atoms with van der Waals surface area (Å²) in [4.78, 5) is 70.9. The van der Waals surface area contributed by atoms with E-state index in [9.17, 15) is 29.1 Å². The Bertz CT molecular complexity index is 1160. The summed E-state index contributed by atoms with van der Waals surface area (Å²) in [6, 6.07) is -1.05. The van der Waals surface area contributed by atoms with Crippen molar-refractivity contribution in [3.05, 3.63) is 22.3 Å². The number of nitrogens with one attached hydrogen (secondary N) is 2. The molecule has 5 N–H and O–H groups in total. The zero-order valence-corrected chi connectivity index (χ0v) is 19.8. The first kappa shape index (κ1) is 24.5. The number of thioether (sulfide) groups is 1. The number of fused-ring (bicyclic) bond motifs is 1. The van der Waals surface area contributed by atoms with Gasteiger partial charge in [0.25, 0.3) is 17.7 Å². The van der Waals surface area contributed by atoms with Gasteiger partial charge in [0.05, 0.1) is 0 Å². The maximum atomic E-state index is 13.1. The molecule has 4 heterocycles. The number of aliphatic carboxylic acids is 1. The van der Waals surface area contributed by atoms with Crippen LogP contribution in [0.5, 0.6) is 0 Å². The summed E-state index contributed by atoms with van der Waals surface area (Å²) in [5.74, 6) is -3.58. The van der Waals surface area contributed by atoms with Gasteiger partial charge >= 0.3 is 11.9 Å². The Labute approximate surface area is 205 Å². The second-order valence-electron chi connectivity index (χ2n) is 7.58. The first-order valence-corrected chi connectivity index (χ1v) is 12.2. The fraction of sp³-hybridized carbons (Fsp3) is 0.421. The molecule has 3 aliphatic rings. The fourth-order valence-corrected chi connectivity index (χ4v) is 5.46. The number of carboxylic acid groups (broad SMARTS) is 1. The van der Waals surface area contributed by atoms with Gasteiger partial charge in [0.15, 0.2) is 10.8 Å². The van der Waals surface area contributed by atoms with Gasteiger partial charge in [-0.2, -0.15) is 0 Å². The van der Waals surface area contributed by atoms with Crippen molar-refractivity contribution in [2.24, 2.45) is 5.16 Å². The monoisotopic (exact) mass is 524 g/mol. The average molecular weight is 525 g/mol. The van der Waals surface area contributed by atoms with Gasteiger partial charge in [0, 0.05) is 36.6 Å². The lowest BCUT2D eigenvalue weighted by molar-refractivity contribution is -0.150. The van der Waals surface area contributed by atoms with Gasteiger partial charge in [-0.05, 0) is 0 Å². The lowest BCUT2D eigenvalue weighted by Gasteiger charge is -2.49. The largest absolute Gasteiger partial charge is 0.477 e. The minimum atomic E-state index is -1.35.